The van der Waals surface area contributed by atoms with Crippen molar-refractivity contribution in [3.05, 3.63) is 123 Å². The zero-order valence-electron chi connectivity index (χ0n) is 37.2. The van der Waals surface area contributed by atoms with Crippen LogP contribution < -0.4 is 50.1 Å². The molecule has 5 aromatic carbocycles. The summed E-state index contributed by atoms with van der Waals surface area (Å²) in [5.41, 5.74) is 7.15. The molecule has 2 aliphatic heterocycles. The van der Waals surface area contributed by atoms with Gasteiger partial charge in [-0.05, 0) is 90.4 Å². The summed E-state index contributed by atoms with van der Waals surface area (Å²) >= 11 is 0. The Hall–Kier alpha value is -5.76. The summed E-state index contributed by atoms with van der Waals surface area (Å²) < 4.78 is 31.5. The number of likely N-dealkylation sites (N-methyl/N-ethyl adjacent to an activating group) is 1. The molecule has 12 nitrogen and oxygen atoms in total. The van der Waals surface area contributed by atoms with Crippen molar-refractivity contribution < 1.29 is 44.1 Å². The van der Waals surface area contributed by atoms with E-state index in [9.17, 15) is 20.4 Å². The van der Waals surface area contributed by atoms with Crippen LogP contribution in [0.3, 0.4) is 0 Å². The van der Waals surface area contributed by atoms with Crippen LogP contribution in [-0.4, -0.2) is 80.8 Å². The average molecular weight is 882 g/mol. The van der Waals surface area contributed by atoms with E-state index in [1.54, 1.807) is 12.1 Å². The second-order valence-corrected chi connectivity index (χ2v) is 18.1. The molecule has 0 aromatic heterocycles. The van der Waals surface area contributed by atoms with Gasteiger partial charge in [-0.2, -0.15) is 0 Å². The molecule has 12 heteroatoms. The van der Waals surface area contributed by atoms with Crippen LogP contribution in [0.15, 0.2) is 78.9 Å². The smallest absolute Gasteiger partial charge is 0.200 e. The Kier molecular flexibility index (Phi) is 11.9. The maximum atomic E-state index is 12.6. The first kappa shape index (κ1) is 43.1. The summed E-state index contributed by atoms with van der Waals surface area (Å²) in [6.45, 7) is 4.27. The average Bonchev–Trinajstić information content (AvgIpc) is 3.70. The molecule has 7 atom stereocenters. The van der Waals surface area contributed by atoms with Crippen LogP contribution >= 0.6 is 0 Å². The van der Waals surface area contributed by atoms with Crippen LogP contribution in [0.2, 0.25) is 0 Å². The summed E-state index contributed by atoms with van der Waals surface area (Å²) in [5.74, 6) is 1.80. The number of hydrogen-bond donors (Lipinski definition) is 7. The molecule has 0 saturated heterocycles. The molecule has 0 spiro atoms. The molecule has 65 heavy (non-hydrogen) atoms. The number of nitrogens with one attached hydrogen (secondary N) is 3. The molecule has 1 unspecified atom stereocenters. The number of benzene rings is 5. The second-order valence-electron chi connectivity index (χ2n) is 18.1. The fraction of sp³-hybridized carbons (Fsp3) is 0.396. The van der Waals surface area contributed by atoms with E-state index < -0.39 is 23.7 Å². The zero-order valence-corrected chi connectivity index (χ0v) is 37.2. The van der Waals surface area contributed by atoms with Crippen molar-refractivity contribution in [2.24, 2.45) is 17.8 Å². The summed E-state index contributed by atoms with van der Waals surface area (Å²) in [4.78, 5) is 0. The molecule has 0 radical (unpaired) electrons. The lowest BCUT2D eigenvalue weighted by Gasteiger charge is -2.39. The van der Waals surface area contributed by atoms with Crippen molar-refractivity contribution >= 4 is 17.8 Å². The van der Waals surface area contributed by atoms with Crippen LogP contribution in [-0.2, 0) is 18.3 Å². The van der Waals surface area contributed by atoms with Gasteiger partial charge in [0.25, 0.3) is 0 Å². The molecular weight excluding hydrogens is 823 g/mol. The SMILES string of the molecule is CCNCOc1cc(OCCNC)c2c3c1[C@@H](O)Nc1cc4c(c(c1-3)CC2)[C@@H](O)[C@H](c1cc(OC)c(O)c(OC[C@@H](CO)C2(c3ccccc3)C[C@H]3C=c5ccccc5=C[C@H]3C2)c1)CO4. The largest absolute Gasteiger partial charge is 0.502 e. The standard InChI is InChI=1S/C53H59N3O9/c1-4-55-29-65-43-23-41(62-17-16-54-2)37-14-15-38-46-40(56-52(60)49(43)48(37)46)22-42-47(38)50(58)39(28-64-42)32-20-44(61-3)51(59)45(21-32)63-27-36(26-57)53(35-12-6-5-7-13-35)24-33-18-30-10-8-9-11-31(30)19-34(33)25-53/h5-13,18-23,33-34,36,39,50,52,54-60H,4,14-17,24-29H2,1-3H3/t33-,34+,36-,39+,50+,52-,53?/m1/s1. The lowest BCUT2D eigenvalue weighted by Crippen LogP contribution is -2.39. The van der Waals surface area contributed by atoms with Gasteiger partial charge < -0.3 is 54.7 Å². The van der Waals surface area contributed by atoms with Crippen LogP contribution in [0.5, 0.6) is 34.5 Å². The Morgan fingerprint density at radius 2 is 1.55 bits per heavy atom. The number of phenols is 1. The van der Waals surface area contributed by atoms with E-state index in [0.717, 1.165) is 41.6 Å². The van der Waals surface area contributed by atoms with Crippen LogP contribution in [0.1, 0.15) is 71.4 Å². The molecule has 1 fully saturated rings. The van der Waals surface area contributed by atoms with Crippen LogP contribution in [0.25, 0.3) is 23.3 Å². The highest BCUT2D eigenvalue weighted by atomic mass is 16.5. The molecule has 5 aromatic rings. The van der Waals surface area contributed by atoms with Gasteiger partial charge in [0, 0.05) is 70.5 Å². The second kappa shape index (κ2) is 17.9. The summed E-state index contributed by atoms with van der Waals surface area (Å²) in [5, 5.41) is 59.1. The van der Waals surface area contributed by atoms with E-state index in [-0.39, 0.29) is 49.7 Å². The molecule has 0 amide bonds. The highest BCUT2D eigenvalue weighted by Crippen LogP contribution is 2.58. The van der Waals surface area contributed by atoms with Crippen molar-refractivity contribution in [2.45, 2.75) is 56.3 Å². The van der Waals surface area contributed by atoms with Gasteiger partial charge in [0.2, 0.25) is 5.75 Å². The first-order valence-electron chi connectivity index (χ1n) is 23.0. The summed E-state index contributed by atoms with van der Waals surface area (Å²) in [6.07, 6.45) is 5.66. The predicted octanol–water partition coefficient (Wildman–Crippen LogP) is 5.56. The zero-order chi connectivity index (χ0) is 44.8. The number of rotatable bonds is 16. The first-order valence-corrected chi connectivity index (χ1v) is 23.0. The van der Waals surface area contributed by atoms with Gasteiger partial charge in [-0.25, -0.2) is 0 Å². The molecule has 7 N–H and O–H groups in total. The molecule has 340 valence electrons. The van der Waals surface area contributed by atoms with Gasteiger partial charge in [-0.3, -0.25) is 5.32 Å². The van der Waals surface area contributed by atoms with E-state index in [4.69, 9.17) is 23.7 Å². The number of ether oxygens (including phenoxy) is 5. The Morgan fingerprint density at radius 3 is 2.26 bits per heavy atom. The number of fused-ring (bicyclic) bond motifs is 4. The van der Waals surface area contributed by atoms with Crippen LogP contribution in [0.4, 0.5) is 5.69 Å². The van der Waals surface area contributed by atoms with E-state index in [1.807, 2.05) is 32.2 Å². The fourth-order valence-electron chi connectivity index (χ4n) is 11.4. The Bertz CT molecular complexity index is 2670. The lowest BCUT2D eigenvalue weighted by molar-refractivity contribution is 0.0866. The molecule has 1 saturated carbocycles. The number of anilines is 1. The van der Waals surface area contributed by atoms with Crippen molar-refractivity contribution in [3.63, 3.8) is 0 Å². The quantitative estimate of drug-likeness (QED) is 0.0489. The number of methoxy groups -OCH3 is 1. The lowest BCUT2D eigenvalue weighted by atomic mass is 9.68. The third-order valence-corrected chi connectivity index (χ3v) is 14.6. The first-order chi connectivity index (χ1) is 31.8. The Balaban J connectivity index is 0.980. The molecule has 3 aliphatic carbocycles. The van der Waals surface area contributed by atoms with E-state index in [1.165, 1.54) is 23.1 Å². The van der Waals surface area contributed by atoms with E-state index in [0.29, 0.717) is 77.5 Å². The Labute approximate surface area is 379 Å². The van der Waals surface area contributed by atoms with Gasteiger partial charge >= 0.3 is 0 Å². The van der Waals surface area contributed by atoms with Crippen molar-refractivity contribution in [1.29, 1.82) is 0 Å². The number of aliphatic hydroxyl groups excluding tert-OH is 3. The van der Waals surface area contributed by atoms with E-state index in [2.05, 4.69) is 76.6 Å². The minimum absolute atomic E-state index is 0.110. The van der Waals surface area contributed by atoms with Crippen molar-refractivity contribution in [2.75, 3.05) is 65.7 Å². The minimum atomic E-state index is -1.05. The number of hydrogen-bond acceptors (Lipinski definition) is 12. The van der Waals surface area contributed by atoms with Gasteiger partial charge in [0.05, 0.1) is 32.0 Å². The van der Waals surface area contributed by atoms with Gasteiger partial charge in [-0.1, -0.05) is 73.7 Å². The number of aromatic hydroxyl groups is 1. The van der Waals surface area contributed by atoms with Crippen LogP contribution in [0, 0.1) is 17.8 Å². The molecule has 10 rings (SSSR count). The summed E-state index contributed by atoms with van der Waals surface area (Å²) in [6, 6.07) is 26.2. The highest BCUT2D eigenvalue weighted by molar-refractivity contribution is 5.93. The number of aliphatic hydroxyl groups is 3. The van der Waals surface area contributed by atoms with Gasteiger partial charge in [-0.15, -0.1) is 0 Å². The van der Waals surface area contributed by atoms with Crippen molar-refractivity contribution in [3.8, 4) is 45.6 Å². The monoisotopic (exact) mass is 881 g/mol. The number of phenolic OH excluding ortho intramolecular Hbond substituents is 1. The summed E-state index contributed by atoms with van der Waals surface area (Å²) in [7, 11) is 3.38. The van der Waals surface area contributed by atoms with E-state index >= 15 is 0 Å². The third-order valence-electron chi connectivity index (χ3n) is 14.6. The topological polar surface area (TPSA) is 163 Å². The fourth-order valence-corrected chi connectivity index (χ4v) is 11.4. The van der Waals surface area contributed by atoms with Gasteiger partial charge in [0.15, 0.2) is 17.7 Å². The molecule has 0 bridgehead atoms. The molecule has 5 aliphatic rings. The predicted molar refractivity (Wildman–Crippen MR) is 249 cm³/mol. The Morgan fingerprint density at radius 1 is 0.831 bits per heavy atom. The maximum Gasteiger partial charge on any atom is 0.200 e. The molecule has 2 heterocycles. The third kappa shape index (κ3) is 7.55. The normalized spacial score (nSPS) is 23.5. The highest BCUT2D eigenvalue weighted by Gasteiger charge is 2.50. The van der Waals surface area contributed by atoms with Gasteiger partial charge in [0.1, 0.15) is 30.6 Å². The van der Waals surface area contributed by atoms with Crippen molar-refractivity contribution in [1.82, 2.24) is 10.6 Å². The molecular formula is C53H59N3O9. The maximum absolute atomic E-state index is 12.6. The minimum Gasteiger partial charge on any atom is -0.502 e.